The molecular weight excluding hydrogens is 426 g/mol. The molecule has 0 aliphatic carbocycles. The van der Waals surface area contributed by atoms with Crippen molar-refractivity contribution < 1.29 is 24.0 Å². The number of nitriles is 1. The number of anilines is 1. The molecule has 0 radical (unpaired) electrons. The third-order valence-electron chi connectivity index (χ3n) is 4.07. The summed E-state index contributed by atoms with van der Waals surface area (Å²) in [4.78, 5) is 34.1. The van der Waals surface area contributed by atoms with E-state index in [4.69, 9.17) is 21.1 Å². The molecular formula is C21H12ClN3O6. The molecule has 0 bridgehead atoms. The van der Waals surface area contributed by atoms with Crippen molar-refractivity contribution in [3.63, 3.8) is 0 Å². The molecule has 0 atom stereocenters. The number of nitro groups is 1. The Balaban J connectivity index is 1.86. The number of carboxylic acid groups (broad SMARTS) is 1. The van der Waals surface area contributed by atoms with Crippen molar-refractivity contribution in [2.24, 2.45) is 0 Å². The van der Waals surface area contributed by atoms with E-state index in [0.29, 0.717) is 0 Å². The van der Waals surface area contributed by atoms with Gasteiger partial charge in [-0.1, -0.05) is 17.7 Å². The minimum Gasteiger partial charge on any atom is -0.478 e. The fourth-order valence-corrected chi connectivity index (χ4v) is 2.82. The normalized spacial score (nSPS) is 10.9. The Hall–Kier alpha value is -4.42. The maximum atomic E-state index is 12.4. The Bertz CT molecular complexity index is 1270. The number of aromatic carboxylic acids is 1. The molecule has 3 aromatic rings. The van der Waals surface area contributed by atoms with Crippen LogP contribution in [0.2, 0.25) is 5.02 Å². The molecule has 10 heteroatoms. The van der Waals surface area contributed by atoms with Crippen molar-refractivity contribution in [3.8, 4) is 17.4 Å². The van der Waals surface area contributed by atoms with Gasteiger partial charge in [0.2, 0.25) is 0 Å². The first-order valence-electron chi connectivity index (χ1n) is 8.59. The van der Waals surface area contributed by atoms with Crippen molar-refractivity contribution in [1.82, 2.24) is 0 Å². The van der Waals surface area contributed by atoms with E-state index in [0.717, 1.165) is 0 Å². The molecule has 31 heavy (non-hydrogen) atoms. The first-order valence-corrected chi connectivity index (χ1v) is 8.97. The van der Waals surface area contributed by atoms with Crippen LogP contribution in [0.1, 0.15) is 16.1 Å². The number of halogens is 1. The summed E-state index contributed by atoms with van der Waals surface area (Å²) in [6.07, 6.45) is 1.17. The van der Waals surface area contributed by atoms with Crippen molar-refractivity contribution in [1.29, 1.82) is 5.26 Å². The highest BCUT2D eigenvalue weighted by molar-refractivity contribution is 6.30. The lowest BCUT2D eigenvalue weighted by Gasteiger charge is -2.05. The molecule has 0 saturated carbocycles. The topological polar surface area (TPSA) is 146 Å². The number of nitro benzene ring substituents is 1. The Morgan fingerprint density at radius 2 is 1.97 bits per heavy atom. The molecule has 1 aromatic heterocycles. The second-order valence-electron chi connectivity index (χ2n) is 6.13. The van der Waals surface area contributed by atoms with Crippen LogP contribution < -0.4 is 5.32 Å². The molecule has 1 heterocycles. The molecule has 0 aliphatic rings. The van der Waals surface area contributed by atoms with Crippen LogP contribution in [0.25, 0.3) is 17.4 Å². The zero-order valence-corrected chi connectivity index (χ0v) is 16.3. The zero-order valence-electron chi connectivity index (χ0n) is 15.5. The summed E-state index contributed by atoms with van der Waals surface area (Å²) < 4.78 is 5.55. The first-order chi connectivity index (χ1) is 14.8. The van der Waals surface area contributed by atoms with Crippen molar-refractivity contribution in [3.05, 3.63) is 86.6 Å². The maximum Gasteiger partial charge on any atom is 0.335 e. The third kappa shape index (κ3) is 4.95. The van der Waals surface area contributed by atoms with E-state index >= 15 is 0 Å². The van der Waals surface area contributed by atoms with Gasteiger partial charge < -0.3 is 14.8 Å². The lowest BCUT2D eigenvalue weighted by atomic mass is 10.1. The van der Waals surface area contributed by atoms with Crippen LogP contribution in [0.15, 0.2) is 64.6 Å². The summed E-state index contributed by atoms with van der Waals surface area (Å²) in [5.74, 6) is -1.67. The molecule has 0 saturated heterocycles. The summed E-state index contributed by atoms with van der Waals surface area (Å²) in [6.45, 7) is 0. The Labute approximate surface area is 179 Å². The molecule has 0 fully saturated rings. The van der Waals surface area contributed by atoms with Crippen LogP contribution in [0.4, 0.5) is 11.4 Å². The summed E-state index contributed by atoms with van der Waals surface area (Å²) in [6, 6.07) is 14.3. The number of furan rings is 1. The molecule has 0 unspecified atom stereocenters. The quantitative estimate of drug-likeness (QED) is 0.244. The highest BCUT2D eigenvalue weighted by Gasteiger charge is 2.19. The maximum absolute atomic E-state index is 12.4. The van der Waals surface area contributed by atoms with E-state index in [1.165, 1.54) is 60.7 Å². The van der Waals surface area contributed by atoms with E-state index in [9.17, 15) is 25.0 Å². The summed E-state index contributed by atoms with van der Waals surface area (Å²) in [7, 11) is 0. The van der Waals surface area contributed by atoms with Gasteiger partial charge >= 0.3 is 5.97 Å². The zero-order chi connectivity index (χ0) is 22.5. The molecule has 0 aliphatic heterocycles. The smallest absolute Gasteiger partial charge is 0.335 e. The number of benzene rings is 2. The SMILES string of the molecule is N#C/C(=C/c1ccc(-c2ccc(Cl)cc2[N+](=O)[O-])o1)C(=O)Nc1cccc(C(=O)O)c1. The molecule has 2 aromatic carbocycles. The van der Waals surface area contributed by atoms with E-state index in [1.54, 1.807) is 6.07 Å². The number of nitrogens with zero attached hydrogens (tertiary/aromatic N) is 2. The number of hydrogen-bond acceptors (Lipinski definition) is 6. The van der Waals surface area contributed by atoms with Gasteiger partial charge in [-0.3, -0.25) is 14.9 Å². The van der Waals surface area contributed by atoms with E-state index in [2.05, 4.69) is 5.32 Å². The number of nitrogens with one attached hydrogen (secondary N) is 1. The van der Waals surface area contributed by atoms with Crippen LogP contribution in [0.3, 0.4) is 0 Å². The minimum absolute atomic E-state index is 0.0273. The Morgan fingerprint density at radius 3 is 2.65 bits per heavy atom. The highest BCUT2D eigenvalue weighted by atomic mass is 35.5. The lowest BCUT2D eigenvalue weighted by Crippen LogP contribution is -2.13. The predicted molar refractivity (Wildman–Crippen MR) is 111 cm³/mol. The third-order valence-corrected chi connectivity index (χ3v) is 4.30. The van der Waals surface area contributed by atoms with Gasteiger partial charge in [0.1, 0.15) is 23.2 Å². The molecule has 0 spiro atoms. The number of rotatable bonds is 6. The largest absolute Gasteiger partial charge is 0.478 e. The van der Waals surface area contributed by atoms with Crippen LogP contribution in [0, 0.1) is 21.4 Å². The summed E-state index contributed by atoms with van der Waals surface area (Å²) in [5, 5.41) is 32.2. The number of carbonyl (C=O) groups is 2. The van der Waals surface area contributed by atoms with E-state index < -0.39 is 16.8 Å². The van der Waals surface area contributed by atoms with Gasteiger partial charge in [-0.05, 0) is 42.5 Å². The number of amides is 1. The first kappa shape index (κ1) is 21.3. The standard InChI is InChI=1S/C21H12ClN3O6/c22-14-4-6-17(18(10-14)25(29)30)19-7-5-16(31-19)9-13(11-23)20(26)24-15-3-1-2-12(8-15)21(27)28/h1-10H,(H,24,26)(H,27,28)/b13-9-. The molecule has 3 rings (SSSR count). The summed E-state index contributed by atoms with van der Waals surface area (Å²) >= 11 is 5.81. The minimum atomic E-state index is -1.16. The molecule has 154 valence electrons. The van der Waals surface area contributed by atoms with Crippen LogP contribution in [-0.2, 0) is 4.79 Å². The highest BCUT2D eigenvalue weighted by Crippen LogP contribution is 2.33. The average Bonchev–Trinajstić information content (AvgIpc) is 3.20. The Morgan fingerprint density at radius 1 is 1.19 bits per heavy atom. The van der Waals surface area contributed by atoms with Gasteiger partial charge in [0, 0.05) is 22.9 Å². The van der Waals surface area contributed by atoms with Gasteiger partial charge in [-0.2, -0.15) is 5.26 Å². The van der Waals surface area contributed by atoms with E-state index in [-0.39, 0.29) is 44.6 Å². The molecule has 1 amide bonds. The number of hydrogen-bond donors (Lipinski definition) is 2. The average molecular weight is 438 g/mol. The van der Waals surface area contributed by atoms with Crippen LogP contribution in [-0.4, -0.2) is 21.9 Å². The predicted octanol–water partition coefficient (Wildman–Crippen LogP) is 4.75. The van der Waals surface area contributed by atoms with Crippen molar-refractivity contribution in [2.45, 2.75) is 0 Å². The lowest BCUT2D eigenvalue weighted by molar-refractivity contribution is -0.384. The molecule has 9 nitrogen and oxygen atoms in total. The van der Waals surface area contributed by atoms with Crippen molar-refractivity contribution >= 4 is 40.9 Å². The fourth-order valence-electron chi connectivity index (χ4n) is 2.66. The number of carboxylic acids is 1. The van der Waals surface area contributed by atoms with Crippen LogP contribution >= 0.6 is 11.6 Å². The van der Waals surface area contributed by atoms with Gasteiger partial charge in [-0.25, -0.2) is 4.79 Å². The van der Waals surface area contributed by atoms with E-state index in [1.807, 2.05) is 0 Å². The summed E-state index contributed by atoms with van der Waals surface area (Å²) in [5.41, 5.74) is -0.216. The monoisotopic (exact) mass is 437 g/mol. The van der Waals surface area contributed by atoms with Gasteiger partial charge in [0.15, 0.2) is 0 Å². The fraction of sp³-hybridized carbons (Fsp3) is 0. The van der Waals surface area contributed by atoms with Crippen LogP contribution in [0.5, 0.6) is 0 Å². The van der Waals surface area contributed by atoms with Gasteiger partial charge in [-0.15, -0.1) is 0 Å². The second kappa shape index (κ2) is 8.94. The van der Waals surface area contributed by atoms with Gasteiger partial charge in [0.05, 0.1) is 16.1 Å². The molecule has 2 N–H and O–H groups in total. The second-order valence-corrected chi connectivity index (χ2v) is 6.57. The number of carbonyl (C=O) groups excluding carboxylic acids is 1. The van der Waals surface area contributed by atoms with Crippen molar-refractivity contribution in [2.75, 3.05) is 5.32 Å². The Kier molecular flexibility index (Phi) is 6.14. The van der Waals surface area contributed by atoms with Gasteiger partial charge in [0.25, 0.3) is 11.6 Å².